The summed E-state index contributed by atoms with van der Waals surface area (Å²) in [5.74, 6) is 0. The molecule has 2 aromatic rings. The number of thiazole rings is 1. The van der Waals surface area contributed by atoms with Crippen LogP contribution in [-0.2, 0) is 6.54 Å². The SMILES string of the molecule is Cc1cnc(C(C)NCc2ccccn2)s1. The number of nitrogens with zero attached hydrogens (tertiary/aromatic N) is 2. The molecule has 4 heteroatoms. The number of hydrogen-bond acceptors (Lipinski definition) is 4. The van der Waals surface area contributed by atoms with Crippen LogP contribution in [-0.4, -0.2) is 9.97 Å². The molecule has 0 aliphatic carbocycles. The zero-order valence-corrected chi connectivity index (χ0v) is 10.3. The predicted molar refractivity (Wildman–Crippen MR) is 66.3 cm³/mol. The van der Waals surface area contributed by atoms with Crippen LogP contribution < -0.4 is 5.32 Å². The van der Waals surface area contributed by atoms with Crippen LogP contribution in [0.1, 0.15) is 28.5 Å². The number of nitrogens with one attached hydrogen (secondary N) is 1. The normalized spacial score (nSPS) is 12.6. The smallest absolute Gasteiger partial charge is 0.109 e. The number of pyridine rings is 1. The van der Waals surface area contributed by atoms with E-state index in [2.05, 4.69) is 29.1 Å². The van der Waals surface area contributed by atoms with Crippen LogP contribution in [0.2, 0.25) is 0 Å². The molecule has 0 amide bonds. The summed E-state index contributed by atoms with van der Waals surface area (Å²) in [6, 6.07) is 6.23. The highest BCUT2D eigenvalue weighted by atomic mass is 32.1. The number of hydrogen-bond donors (Lipinski definition) is 1. The molecule has 0 bridgehead atoms. The Labute approximate surface area is 99.6 Å². The van der Waals surface area contributed by atoms with Crippen LogP contribution in [0.3, 0.4) is 0 Å². The Hall–Kier alpha value is -1.26. The first kappa shape index (κ1) is 11.2. The Morgan fingerprint density at radius 3 is 2.88 bits per heavy atom. The Morgan fingerprint density at radius 1 is 1.38 bits per heavy atom. The molecular formula is C12H15N3S. The lowest BCUT2D eigenvalue weighted by Gasteiger charge is -2.10. The van der Waals surface area contributed by atoms with Crippen molar-refractivity contribution in [1.29, 1.82) is 0 Å². The maximum Gasteiger partial charge on any atom is 0.109 e. The minimum atomic E-state index is 0.278. The molecule has 0 aliphatic rings. The molecule has 3 nitrogen and oxygen atoms in total. The molecule has 1 unspecified atom stereocenters. The molecular weight excluding hydrogens is 218 g/mol. The summed E-state index contributed by atoms with van der Waals surface area (Å²) < 4.78 is 0. The maximum atomic E-state index is 4.36. The number of aromatic nitrogens is 2. The maximum absolute atomic E-state index is 4.36. The van der Waals surface area contributed by atoms with Gasteiger partial charge < -0.3 is 5.32 Å². The number of rotatable bonds is 4. The lowest BCUT2D eigenvalue weighted by molar-refractivity contribution is 0.565. The lowest BCUT2D eigenvalue weighted by Crippen LogP contribution is -2.18. The third kappa shape index (κ3) is 2.87. The fourth-order valence-electron chi connectivity index (χ4n) is 1.42. The molecule has 2 aromatic heterocycles. The van der Waals surface area contributed by atoms with Crippen molar-refractivity contribution in [2.45, 2.75) is 26.4 Å². The first-order valence-corrected chi connectivity index (χ1v) is 6.13. The van der Waals surface area contributed by atoms with E-state index in [0.717, 1.165) is 17.2 Å². The Bertz CT molecular complexity index is 439. The molecule has 0 saturated heterocycles. The zero-order chi connectivity index (χ0) is 11.4. The van der Waals surface area contributed by atoms with Crippen LogP contribution in [0, 0.1) is 6.92 Å². The van der Waals surface area contributed by atoms with Crippen molar-refractivity contribution in [1.82, 2.24) is 15.3 Å². The van der Waals surface area contributed by atoms with Crippen LogP contribution >= 0.6 is 11.3 Å². The van der Waals surface area contributed by atoms with Crippen molar-refractivity contribution in [3.05, 3.63) is 46.2 Å². The van der Waals surface area contributed by atoms with Gasteiger partial charge >= 0.3 is 0 Å². The summed E-state index contributed by atoms with van der Waals surface area (Å²) in [5, 5.41) is 4.55. The predicted octanol–water partition coefficient (Wildman–Crippen LogP) is 2.70. The summed E-state index contributed by atoms with van der Waals surface area (Å²) >= 11 is 1.74. The van der Waals surface area contributed by atoms with E-state index in [9.17, 15) is 0 Å². The van der Waals surface area contributed by atoms with Crippen molar-refractivity contribution in [3.63, 3.8) is 0 Å². The molecule has 0 spiro atoms. The summed E-state index contributed by atoms with van der Waals surface area (Å²) in [5.41, 5.74) is 1.06. The average Bonchev–Trinajstić information content (AvgIpc) is 2.74. The van der Waals surface area contributed by atoms with Gasteiger partial charge in [0, 0.05) is 23.8 Å². The van der Waals surface area contributed by atoms with Gasteiger partial charge in [-0.1, -0.05) is 6.07 Å². The summed E-state index contributed by atoms with van der Waals surface area (Å²) in [6.07, 6.45) is 3.73. The van der Waals surface area contributed by atoms with E-state index >= 15 is 0 Å². The van der Waals surface area contributed by atoms with Gasteiger partial charge in [0.2, 0.25) is 0 Å². The minimum Gasteiger partial charge on any atom is -0.302 e. The first-order chi connectivity index (χ1) is 7.75. The molecule has 0 saturated carbocycles. The second-order valence-electron chi connectivity index (χ2n) is 3.73. The van der Waals surface area contributed by atoms with E-state index in [1.54, 1.807) is 11.3 Å². The molecule has 2 heterocycles. The summed E-state index contributed by atoms with van der Waals surface area (Å²) in [7, 11) is 0. The van der Waals surface area contributed by atoms with Gasteiger partial charge in [-0.3, -0.25) is 4.98 Å². The first-order valence-electron chi connectivity index (χ1n) is 5.31. The Morgan fingerprint density at radius 2 is 2.25 bits per heavy atom. The molecule has 1 atom stereocenters. The molecule has 16 heavy (non-hydrogen) atoms. The molecule has 0 fully saturated rings. The molecule has 84 valence electrons. The van der Waals surface area contributed by atoms with Crippen LogP contribution in [0.15, 0.2) is 30.6 Å². The number of aryl methyl sites for hydroxylation is 1. The van der Waals surface area contributed by atoms with Crippen molar-refractivity contribution in [3.8, 4) is 0 Å². The largest absolute Gasteiger partial charge is 0.302 e. The second-order valence-corrected chi connectivity index (χ2v) is 5.00. The molecule has 1 N–H and O–H groups in total. The lowest BCUT2D eigenvalue weighted by atomic mass is 10.3. The fourth-order valence-corrected chi connectivity index (χ4v) is 2.22. The molecule has 0 aromatic carbocycles. The van der Waals surface area contributed by atoms with E-state index in [1.807, 2.05) is 30.6 Å². The third-order valence-corrected chi connectivity index (χ3v) is 3.42. The van der Waals surface area contributed by atoms with Crippen molar-refractivity contribution >= 4 is 11.3 Å². The monoisotopic (exact) mass is 233 g/mol. The minimum absolute atomic E-state index is 0.278. The van der Waals surface area contributed by atoms with Gasteiger partial charge in [-0.05, 0) is 26.0 Å². The van der Waals surface area contributed by atoms with Gasteiger partial charge in [-0.15, -0.1) is 11.3 Å². The van der Waals surface area contributed by atoms with Gasteiger partial charge in [0.1, 0.15) is 5.01 Å². The van der Waals surface area contributed by atoms with Crippen molar-refractivity contribution < 1.29 is 0 Å². The highest BCUT2D eigenvalue weighted by molar-refractivity contribution is 7.11. The van der Waals surface area contributed by atoms with E-state index in [1.165, 1.54) is 4.88 Å². The van der Waals surface area contributed by atoms with E-state index in [4.69, 9.17) is 0 Å². The van der Waals surface area contributed by atoms with Gasteiger partial charge in [-0.25, -0.2) is 4.98 Å². The Balaban J connectivity index is 1.91. The summed E-state index contributed by atoms with van der Waals surface area (Å²) in [4.78, 5) is 9.89. The average molecular weight is 233 g/mol. The van der Waals surface area contributed by atoms with E-state index in [-0.39, 0.29) is 6.04 Å². The van der Waals surface area contributed by atoms with Gasteiger partial charge in [0.15, 0.2) is 0 Å². The van der Waals surface area contributed by atoms with E-state index < -0.39 is 0 Å². The standard InChI is InChI=1S/C12H15N3S/c1-9-7-15-12(16-9)10(2)14-8-11-5-3-4-6-13-11/h3-7,10,14H,8H2,1-2H3. The van der Waals surface area contributed by atoms with Gasteiger partial charge in [0.05, 0.1) is 11.7 Å². The van der Waals surface area contributed by atoms with Crippen LogP contribution in [0.5, 0.6) is 0 Å². The third-order valence-electron chi connectivity index (χ3n) is 2.33. The molecule has 0 aliphatic heterocycles. The van der Waals surface area contributed by atoms with Crippen LogP contribution in [0.4, 0.5) is 0 Å². The van der Waals surface area contributed by atoms with Crippen LogP contribution in [0.25, 0.3) is 0 Å². The fraction of sp³-hybridized carbons (Fsp3) is 0.333. The quantitative estimate of drug-likeness (QED) is 0.882. The molecule has 2 rings (SSSR count). The second kappa shape index (κ2) is 5.18. The van der Waals surface area contributed by atoms with Crippen molar-refractivity contribution in [2.24, 2.45) is 0 Å². The van der Waals surface area contributed by atoms with Gasteiger partial charge in [-0.2, -0.15) is 0 Å². The van der Waals surface area contributed by atoms with E-state index in [0.29, 0.717) is 0 Å². The highest BCUT2D eigenvalue weighted by Crippen LogP contribution is 2.18. The zero-order valence-electron chi connectivity index (χ0n) is 9.47. The highest BCUT2D eigenvalue weighted by Gasteiger charge is 2.08. The van der Waals surface area contributed by atoms with Gasteiger partial charge in [0.25, 0.3) is 0 Å². The summed E-state index contributed by atoms with van der Waals surface area (Å²) in [6.45, 7) is 4.98. The topological polar surface area (TPSA) is 37.8 Å². The Kier molecular flexibility index (Phi) is 3.64. The molecule has 0 radical (unpaired) electrons. The van der Waals surface area contributed by atoms with Crippen molar-refractivity contribution in [2.75, 3.05) is 0 Å².